The summed E-state index contributed by atoms with van der Waals surface area (Å²) < 4.78 is 5.58. The van der Waals surface area contributed by atoms with Gasteiger partial charge < -0.3 is 4.74 Å². The lowest BCUT2D eigenvalue weighted by Crippen LogP contribution is -2.38. The molecule has 1 saturated heterocycles. The van der Waals surface area contributed by atoms with Gasteiger partial charge in [0.15, 0.2) is 0 Å². The molecule has 0 aromatic carbocycles. The van der Waals surface area contributed by atoms with Crippen LogP contribution in [0.15, 0.2) is 0 Å². The van der Waals surface area contributed by atoms with Crippen molar-refractivity contribution in [1.29, 1.82) is 0 Å². The van der Waals surface area contributed by atoms with E-state index >= 15 is 0 Å². The van der Waals surface area contributed by atoms with Crippen molar-refractivity contribution >= 4 is 11.6 Å². The van der Waals surface area contributed by atoms with Crippen molar-refractivity contribution in [2.45, 2.75) is 32.1 Å². The minimum atomic E-state index is 0.0689. The fraction of sp³-hybridized carbons (Fsp3) is 1.00. The summed E-state index contributed by atoms with van der Waals surface area (Å²) in [4.78, 5) is 0.0689. The molecule has 1 aliphatic carbocycles. The lowest BCUT2D eigenvalue weighted by atomic mass is 9.85. The Morgan fingerprint density at radius 1 is 1.50 bits per heavy atom. The maximum absolute atomic E-state index is 6.57. The number of alkyl halides is 1. The van der Waals surface area contributed by atoms with Crippen LogP contribution in [0.25, 0.3) is 0 Å². The van der Waals surface area contributed by atoms with Gasteiger partial charge in [0.1, 0.15) is 0 Å². The van der Waals surface area contributed by atoms with Crippen molar-refractivity contribution in [3.8, 4) is 0 Å². The number of ether oxygens (including phenoxy) is 1. The number of hydrogen-bond donors (Lipinski definition) is 0. The standard InChI is InChI=1S/C10H17ClO/c1-7(2)8-4-12-6-9(3)5-10(8,9)11/h7-8H,4-6H2,1-3H3/t8?,9-,10-/m0/s1. The second-order valence-electron chi connectivity index (χ2n) is 4.97. The van der Waals surface area contributed by atoms with Crippen LogP contribution in [0, 0.1) is 17.3 Å². The molecule has 70 valence electrons. The molecule has 2 fully saturated rings. The molecule has 0 aromatic rings. The molecular weight excluding hydrogens is 172 g/mol. The Hall–Kier alpha value is 0.250. The third-order valence-corrected chi connectivity index (χ3v) is 4.51. The quantitative estimate of drug-likeness (QED) is 0.575. The highest BCUT2D eigenvalue weighted by atomic mass is 35.5. The highest BCUT2D eigenvalue weighted by Gasteiger charge is 2.69. The maximum Gasteiger partial charge on any atom is 0.0581 e. The first kappa shape index (κ1) is 8.83. The first-order chi connectivity index (χ1) is 5.50. The molecule has 12 heavy (non-hydrogen) atoms. The summed E-state index contributed by atoms with van der Waals surface area (Å²) in [5, 5.41) is 0. The highest BCUT2D eigenvalue weighted by Crippen LogP contribution is 2.67. The van der Waals surface area contributed by atoms with Crippen molar-refractivity contribution < 1.29 is 4.74 Å². The summed E-state index contributed by atoms with van der Waals surface area (Å²) in [6.45, 7) is 8.44. The third kappa shape index (κ3) is 0.958. The summed E-state index contributed by atoms with van der Waals surface area (Å²) >= 11 is 6.57. The molecule has 0 amide bonds. The molecule has 0 bridgehead atoms. The number of rotatable bonds is 1. The van der Waals surface area contributed by atoms with Gasteiger partial charge in [0.25, 0.3) is 0 Å². The fourth-order valence-corrected chi connectivity index (χ4v) is 3.20. The largest absolute Gasteiger partial charge is 0.380 e. The number of hydrogen-bond acceptors (Lipinski definition) is 1. The number of fused-ring (bicyclic) bond motifs is 1. The highest BCUT2D eigenvalue weighted by molar-refractivity contribution is 6.27. The van der Waals surface area contributed by atoms with Gasteiger partial charge in [-0.25, -0.2) is 0 Å². The van der Waals surface area contributed by atoms with Crippen molar-refractivity contribution in [3.63, 3.8) is 0 Å². The predicted octanol–water partition coefficient (Wildman–Crippen LogP) is 2.68. The van der Waals surface area contributed by atoms with Crippen LogP contribution in [0.5, 0.6) is 0 Å². The Morgan fingerprint density at radius 3 is 2.67 bits per heavy atom. The van der Waals surface area contributed by atoms with Gasteiger partial charge in [-0.05, 0) is 12.3 Å². The molecule has 0 N–H and O–H groups in total. The maximum atomic E-state index is 6.57. The molecule has 1 nitrogen and oxygen atoms in total. The van der Waals surface area contributed by atoms with Gasteiger partial charge in [0.05, 0.1) is 18.1 Å². The van der Waals surface area contributed by atoms with Gasteiger partial charge in [-0.2, -0.15) is 0 Å². The first-order valence-electron chi connectivity index (χ1n) is 4.76. The van der Waals surface area contributed by atoms with E-state index in [2.05, 4.69) is 20.8 Å². The predicted molar refractivity (Wildman–Crippen MR) is 50.5 cm³/mol. The van der Waals surface area contributed by atoms with E-state index in [4.69, 9.17) is 16.3 Å². The molecule has 2 aliphatic rings. The van der Waals surface area contributed by atoms with Crippen LogP contribution in [0.3, 0.4) is 0 Å². The van der Waals surface area contributed by atoms with Crippen LogP contribution >= 0.6 is 11.6 Å². The van der Waals surface area contributed by atoms with Gasteiger partial charge in [0.2, 0.25) is 0 Å². The molecular formula is C10H17ClO. The average molecular weight is 189 g/mol. The molecule has 0 aromatic heterocycles. The Bertz CT molecular complexity index is 204. The van der Waals surface area contributed by atoms with Crippen LogP contribution in [-0.2, 0) is 4.74 Å². The molecule has 1 heterocycles. The summed E-state index contributed by atoms with van der Waals surface area (Å²) in [6, 6.07) is 0. The summed E-state index contributed by atoms with van der Waals surface area (Å²) in [7, 11) is 0. The zero-order valence-electron chi connectivity index (χ0n) is 8.06. The molecule has 0 spiro atoms. The van der Waals surface area contributed by atoms with Crippen LogP contribution < -0.4 is 0 Å². The van der Waals surface area contributed by atoms with Crippen molar-refractivity contribution in [2.75, 3.05) is 13.2 Å². The van der Waals surface area contributed by atoms with Crippen LogP contribution in [-0.4, -0.2) is 18.1 Å². The molecule has 1 unspecified atom stereocenters. The Kier molecular flexibility index (Phi) is 1.76. The minimum Gasteiger partial charge on any atom is -0.380 e. The monoisotopic (exact) mass is 188 g/mol. The van der Waals surface area contributed by atoms with Crippen LogP contribution in [0.4, 0.5) is 0 Å². The smallest absolute Gasteiger partial charge is 0.0581 e. The average Bonchev–Trinajstić information content (AvgIpc) is 2.51. The Morgan fingerprint density at radius 2 is 2.17 bits per heavy atom. The molecule has 1 saturated carbocycles. The van der Waals surface area contributed by atoms with E-state index in [0.29, 0.717) is 11.8 Å². The minimum absolute atomic E-state index is 0.0689. The van der Waals surface area contributed by atoms with Gasteiger partial charge in [-0.15, -0.1) is 11.6 Å². The molecule has 3 atom stereocenters. The van der Waals surface area contributed by atoms with E-state index in [1.807, 2.05) is 0 Å². The van der Waals surface area contributed by atoms with E-state index in [0.717, 1.165) is 19.6 Å². The van der Waals surface area contributed by atoms with Crippen molar-refractivity contribution in [3.05, 3.63) is 0 Å². The fourth-order valence-electron chi connectivity index (χ4n) is 2.54. The van der Waals surface area contributed by atoms with Gasteiger partial charge in [-0.3, -0.25) is 0 Å². The molecule has 1 aliphatic heterocycles. The van der Waals surface area contributed by atoms with Gasteiger partial charge >= 0.3 is 0 Å². The van der Waals surface area contributed by atoms with E-state index in [1.54, 1.807) is 0 Å². The number of halogens is 1. The van der Waals surface area contributed by atoms with Gasteiger partial charge in [-0.1, -0.05) is 20.8 Å². The molecule has 2 heteroatoms. The summed E-state index contributed by atoms with van der Waals surface area (Å²) in [5.74, 6) is 1.20. The van der Waals surface area contributed by atoms with Crippen molar-refractivity contribution in [1.82, 2.24) is 0 Å². The van der Waals surface area contributed by atoms with Crippen LogP contribution in [0.2, 0.25) is 0 Å². The second kappa shape index (κ2) is 2.39. The lowest BCUT2D eigenvalue weighted by Gasteiger charge is -2.34. The zero-order valence-corrected chi connectivity index (χ0v) is 8.82. The third-order valence-electron chi connectivity index (χ3n) is 3.64. The van der Waals surface area contributed by atoms with E-state index in [1.165, 1.54) is 0 Å². The van der Waals surface area contributed by atoms with Crippen molar-refractivity contribution in [2.24, 2.45) is 17.3 Å². The molecule has 0 radical (unpaired) electrons. The Balaban J connectivity index is 2.17. The second-order valence-corrected chi connectivity index (χ2v) is 5.64. The van der Waals surface area contributed by atoms with E-state index < -0.39 is 0 Å². The molecule has 2 rings (SSSR count). The topological polar surface area (TPSA) is 9.23 Å². The van der Waals surface area contributed by atoms with E-state index in [-0.39, 0.29) is 10.3 Å². The Labute approximate surface area is 79.4 Å². The first-order valence-corrected chi connectivity index (χ1v) is 5.14. The summed E-state index contributed by atoms with van der Waals surface area (Å²) in [6.07, 6.45) is 1.14. The van der Waals surface area contributed by atoms with E-state index in [9.17, 15) is 0 Å². The SMILES string of the molecule is CC(C)C1COC[C@]2(C)C[C@]12Cl. The summed E-state index contributed by atoms with van der Waals surface area (Å²) in [5.41, 5.74) is 0.280. The van der Waals surface area contributed by atoms with Crippen LogP contribution in [0.1, 0.15) is 27.2 Å². The normalized spacial score (nSPS) is 52.2. The lowest BCUT2D eigenvalue weighted by molar-refractivity contribution is 0.00766. The van der Waals surface area contributed by atoms with Gasteiger partial charge in [0, 0.05) is 11.3 Å². The zero-order chi connectivity index (χ0) is 8.98.